The molecule has 0 spiro atoms. The van der Waals surface area contributed by atoms with E-state index in [1.54, 1.807) is 24.3 Å². The number of nitriles is 1. The van der Waals surface area contributed by atoms with Gasteiger partial charge in [-0.25, -0.2) is 9.79 Å². The molecule has 0 saturated carbocycles. The average molecular weight is 646 g/mol. The summed E-state index contributed by atoms with van der Waals surface area (Å²) in [5.74, 6) is 1.03. The highest BCUT2D eigenvalue weighted by molar-refractivity contribution is 7.07. The molecule has 1 aliphatic rings. The zero-order valence-corrected chi connectivity index (χ0v) is 26.9. The van der Waals surface area contributed by atoms with Crippen molar-refractivity contribution in [1.82, 2.24) is 4.57 Å². The summed E-state index contributed by atoms with van der Waals surface area (Å²) in [6, 6.07) is 25.7. The average Bonchev–Trinajstić information content (AvgIpc) is 3.42. The molecule has 2 heterocycles. The summed E-state index contributed by atoms with van der Waals surface area (Å²) in [6.45, 7) is 4.79. The number of nitrogens with zero attached hydrogens (tertiary/aromatic N) is 3. The monoisotopic (exact) mass is 645 g/mol. The number of esters is 1. The van der Waals surface area contributed by atoms with E-state index in [0.29, 0.717) is 56.5 Å². The Morgan fingerprint density at radius 1 is 0.957 bits per heavy atom. The highest BCUT2D eigenvalue weighted by Crippen LogP contribution is 2.35. The van der Waals surface area contributed by atoms with E-state index in [-0.39, 0.29) is 17.7 Å². The van der Waals surface area contributed by atoms with Gasteiger partial charge in [0.2, 0.25) is 0 Å². The summed E-state index contributed by atoms with van der Waals surface area (Å²) >= 11 is 1.22. The first-order valence-corrected chi connectivity index (χ1v) is 15.9. The van der Waals surface area contributed by atoms with Crippen LogP contribution in [-0.4, -0.2) is 30.9 Å². The third kappa shape index (κ3) is 6.13. The van der Waals surface area contributed by atoms with E-state index < -0.39 is 12.0 Å². The Morgan fingerprint density at radius 3 is 2.49 bits per heavy atom. The second-order valence-electron chi connectivity index (χ2n) is 10.5. The zero-order valence-electron chi connectivity index (χ0n) is 26.1. The fourth-order valence-electron chi connectivity index (χ4n) is 5.58. The Kier molecular flexibility index (Phi) is 9.18. The van der Waals surface area contributed by atoms with Crippen molar-refractivity contribution in [1.29, 1.82) is 5.26 Å². The molecule has 0 unspecified atom stereocenters. The lowest BCUT2D eigenvalue weighted by molar-refractivity contribution is -0.136. The van der Waals surface area contributed by atoms with Gasteiger partial charge >= 0.3 is 5.97 Å². The molecule has 0 bridgehead atoms. The summed E-state index contributed by atoms with van der Waals surface area (Å²) in [5.41, 5.74) is 2.53. The van der Waals surface area contributed by atoms with Gasteiger partial charge in [-0.3, -0.25) is 9.36 Å². The maximum atomic E-state index is 14.3. The van der Waals surface area contributed by atoms with Gasteiger partial charge in [-0.15, -0.1) is 0 Å². The van der Waals surface area contributed by atoms with Crippen LogP contribution in [0.5, 0.6) is 17.2 Å². The van der Waals surface area contributed by atoms with Crippen molar-refractivity contribution in [2.75, 3.05) is 20.3 Å². The molecule has 1 aromatic heterocycles. The van der Waals surface area contributed by atoms with Crippen LogP contribution in [0.15, 0.2) is 100 Å². The number of benzene rings is 4. The van der Waals surface area contributed by atoms with Gasteiger partial charge in [0, 0.05) is 17.3 Å². The minimum Gasteiger partial charge on any atom is -0.490 e. The molecule has 9 nitrogen and oxygen atoms in total. The van der Waals surface area contributed by atoms with E-state index in [9.17, 15) is 14.9 Å². The number of rotatable bonds is 10. The highest BCUT2D eigenvalue weighted by atomic mass is 32.1. The fourth-order valence-corrected chi connectivity index (χ4v) is 6.53. The van der Waals surface area contributed by atoms with Crippen molar-refractivity contribution >= 4 is 34.2 Å². The molecular formula is C37H31N3O6S. The van der Waals surface area contributed by atoms with Gasteiger partial charge in [-0.05, 0) is 60.5 Å². The number of fused-ring (bicyclic) bond motifs is 2. The molecule has 6 rings (SSSR count). The van der Waals surface area contributed by atoms with Crippen molar-refractivity contribution in [3.8, 4) is 23.3 Å². The summed E-state index contributed by atoms with van der Waals surface area (Å²) in [6.07, 6.45) is 3.27. The third-order valence-corrected chi connectivity index (χ3v) is 8.73. The summed E-state index contributed by atoms with van der Waals surface area (Å²) in [5, 5.41) is 11.4. The molecule has 1 atom stereocenters. The number of aromatic nitrogens is 1. The molecule has 0 amide bonds. The van der Waals surface area contributed by atoms with Crippen LogP contribution in [0.2, 0.25) is 0 Å². The lowest BCUT2D eigenvalue weighted by atomic mass is 9.97. The number of thiazole rings is 1. The van der Waals surface area contributed by atoms with Gasteiger partial charge in [0.05, 0.1) is 48.1 Å². The topological polar surface area (TPSA) is 112 Å². The van der Waals surface area contributed by atoms with Crippen LogP contribution in [0.4, 0.5) is 0 Å². The largest absolute Gasteiger partial charge is 0.490 e. The standard InChI is InChI=1S/C37H31N3O6S/c1-4-44-31-17-15-24(18-32(31)45-5-2)34-29(36(42)43-3)21-39-37-40(34)35(41)33(47-37)19-28-27-13-9-8-10-23(27)14-16-30(28)46-22-26-12-7-6-11-25(26)20-38/h6-19,21,34H,4-5,22H2,1-3H3/b33-19+/t34-/m1/s1. The predicted molar refractivity (Wildman–Crippen MR) is 179 cm³/mol. The van der Waals surface area contributed by atoms with Gasteiger partial charge in [0.15, 0.2) is 16.3 Å². The Labute approximate surface area is 274 Å². The first kappa shape index (κ1) is 31.3. The SMILES string of the molecule is CCOc1ccc([C@@H]2C(C(=O)OC)=CN=c3s/c(=C/c4c(OCc5ccccc5C#N)ccc5ccccc45)c(=O)n32)cc1OCC. The Morgan fingerprint density at radius 2 is 1.70 bits per heavy atom. The molecular weight excluding hydrogens is 614 g/mol. The van der Waals surface area contributed by atoms with E-state index in [2.05, 4.69) is 11.1 Å². The maximum absolute atomic E-state index is 14.3. The molecule has 0 aliphatic carbocycles. The summed E-state index contributed by atoms with van der Waals surface area (Å²) < 4.78 is 24.9. The Hall–Kier alpha value is -5.66. The molecule has 47 heavy (non-hydrogen) atoms. The van der Waals surface area contributed by atoms with Crippen LogP contribution in [-0.2, 0) is 16.1 Å². The minimum absolute atomic E-state index is 0.173. The molecule has 0 radical (unpaired) electrons. The highest BCUT2D eigenvalue weighted by Gasteiger charge is 2.31. The number of hydrogen-bond donors (Lipinski definition) is 0. The smallest absolute Gasteiger partial charge is 0.337 e. The number of ether oxygens (including phenoxy) is 4. The maximum Gasteiger partial charge on any atom is 0.337 e. The van der Waals surface area contributed by atoms with Crippen molar-refractivity contribution in [2.24, 2.45) is 4.99 Å². The van der Waals surface area contributed by atoms with E-state index in [1.165, 1.54) is 29.2 Å². The Bertz CT molecular complexity index is 2250. The van der Waals surface area contributed by atoms with Crippen molar-refractivity contribution in [2.45, 2.75) is 26.5 Å². The van der Waals surface area contributed by atoms with E-state index >= 15 is 0 Å². The second kappa shape index (κ2) is 13.8. The van der Waals surface area contributed by atoms with Crippen molar-refractivity contribution < 1.29 is 23.7 Å². The first-order valence-electron chi connectivity index (χ1n) is 15.1. The zero-order chi connectivity index (χ0) is 32.9. The minimum atomic E-state index is -0.818. The fraction of sp³-hybridized carbons (Fsp3) is 0.189. The second-order valence-corrected chi connectivity index (χ2v) is 11.5. The van der Waals surface area contributed by atoms with Gasteiger partial charge < -0.3 is 18.9 Å². The van der Waals surface area contributed by atoms with Crippen molar-refractivity contribution in [3.63, 3.8) is 0 Å². The van der Waals surface area contributed by atoms with E-state index in [1.807, 2.05) is 74.5 Å². The molecule has 4 aromatic carbocycles. The van der Waals surface area contributed by atoms with Crippen LogP contribution in [0.3, 0.4) is 0 Å². The van der Waals surface area contributed by atoms with Gasteiger partial charge in [0.25, 0.3) is 5.56 Å². The van der Waals surface area contributed by atoms with Gasteiger partial charge in [-0.2, -0.15) is 5.26 Å². The Balaban J connectivity index is 1.51. The number of hydrogen-bond acceptors (Lipinski definition) is 9. The van der Waals surface area contributed by atoms with Gasteiger partial charge in [-0.1, -0.05) is 65.9 Å². The number of carbonyl (C=O) groups is 1. The van der Waals surface area contributed by atoms with Crippen LogP contribution >= 0.6 is 11.3 Å². The van der Waals surface area contributed by atoms with Crippen LogP contribution in [0.1, 0.15) is 42.1 Å². The lowest BCUT2D eigenvalue weighted by Gasteiger charge is -2.23. The predicted octanol–water partition coefficient (Wildman–Crippen LogP) is 5.42. The van der Waals surface area contributed by atoms with Crippen molar-refractivity contribution in [3.05, 3.63) is 133 Å². The molecule has 0 saturated heterocycles. The van der Waals surface area contributed by atoms with E-state index in [0.717, 1.165) is 16.3 Å². The molecule has 236 valence electrons. The van der Waals surface area contributed by atoms with Crippen LogP contribution < -0.4 is 29.1 Å². The summed E-state index contributed by atoms with van der Waals surface area (Å²) in [7, 11) is 1.30. The van der Waals surface area contributed by atoms with E-state index in [4.69, 9.17) is 18.9 Å². The lowest BCUT2D eigenvalue weighted by Crippen LogP contribution is -2.39. The molecule has 1 aliphatic heterocycles. The number of carbonyl (C=O) groups excluding carboxylic acids is 1. The van der Waals surface area contributed by atoms with Crippen LogP contribution in [0.25, 0.3) is 16.8 Å². The third-order valence-electron chi connectivity index (χ3n) is 7.74. The molecule has 10 heteroatoms. The first-order chi connectivity index (χ1) is 23.0. The van der Waals surface area contributed by atoms with Gasteiger partial charge in [0.1, 0.15) is 12.4 Å². The number of methoxy groups -OCH3 is 1. The molecule has 0 N–H and O–H groups in total. The molecule has 5 aromatic rings. The normalized spacial score (nSPS) is 14.0. The molecule has 0 fully saturated rings. The quantitative estimate of drug-likeness (QED) is 0.187. The summed E-state index contributed by atoms with van der Waals surface area (Å²) in [4.78, 5) is 32.3. The van der Waals surface area contributed by atoms with Crippen LogP contribution in [0, 0.1) is 11.3 Å².